The summed E-state index contributed by atoms with van der Waals surface area (Å²) >= 11 is 0. The molecule has 6 nitrogen and oxygen atoms in total. The van der Waals surface area contributed by atoms with Crippen LogP contribution in [0, 0.1) is 17.6 Å². The highest BCUT2D eigenvalue weighted by atomic mass is 32.2. The molecule has 1 saturated heterocycles. The fourth-order valence-corrected chi connectivity index (χ4v) is 5.12. The van der Waals surface area contributed by atoms with Gasteiger partial charge in [0.25, 0.3) is 5.91 Å². The number of amides is 2. The van der Waals surface area contributed by atoms with E-state index in [2.05, 4.69) is 5.32 Å². The van der Waals surface area contributed by atoms with Gasteiger partial charge in [-0.1, -0.05) is 6.07 Å². The minimum Gasteiger partial charge on any atom is -0.347 e. The molecular weight excluding hydrogens is 507 g/mol. The summed E-state index contributed by atoms with van der Waals surface area (Å²) in [4.78, 5) is 27.5. The number of alkyl halides is 3. The highest BCUT2D eigenvalue weighted by Gasteiger charge is 2.41. The van der Waals surface area contributed by atoms with Crippen LogP contribution in [0.25, 0.3) is 0 Å². The summed E-state index contributed by atoms with van der Waals surface area (Å²) in [5.41, 5.74) is -2.03. The lowest BCUT2D eigenvalue weighted by atomic mass is 9.98. The average molecular weight is 531 g/mol. The Balaban J connectivity index is 1.57. The van der Waals surface area contributed by atoms with Gasteiger partial charge in [0.1, 0.15) is 17.7 Å². The smallest absolute Gasteiger partial charge is 0.347 e. The quantitative estimate of drug-likeness (QED) is 0.566. The first kappa shape index (κ1) is 26.1. The van der Waals surface area contributed by atoms with Crippen LogP contribution in [0.5, 0.6) is 0 Å². The SMILES string of the molecule is CS(=O)(=O)c1cccc(C(=O)N2CCC[C@@H]2C(=O)N[C@@H](c2cc(F)c(C(F)(F)F)cc2F)C2CC2)c1. The summed E-state index contributed by atoms with van der Waals surface area (Å²) in [5, 5.41) is 2.62. The topological polar surface area (TPSA) is 83.6 Å². The third kappa shape index (κ3) is 5.37. The van der Waals surface area contributed by atoms with Crippen LogP contribution in [-0.2, 0) is 20.8 Å². The molecule has 1 aliphatic heterocycles. The van der Waals surface area contributed by atoms with Gasteiger partial charge in [-0.2, -0.15) is 13.2 Å². The Labute approximate surface area is 204 Å². The molecule has 36 heavy (non-hydrogen) atoms. The van der Waals surface area contributed by atoms with Crippen LogP contribution in [0.2, 0.25) is 0 Å². The number of sulfone groups is 1. The third-order valence-electron chi connectivity index (χ3n) is 6.44. The number of likely N-dealkylation sites (tertiary alicyclic amines) is 1. The van der Waals surface area contributed by atoms with E-state index in [0.717, 1.165) is 6.26 Å². The lowest BCUT2D eigenvalue weighted by Crippen LogP contribution is -2.47. The number of nitrogens with one attached hydrogen (secondary N) is 1. The van der Waals surface area contributed by atoms with Gasteiger partial charge in [-0.3, -0.25) is 9.59 Å². The number of rotatable bonds is 6. The molecule has 1 N–H and O–H groups in total. The standard InChI is InChI=1S/C24H23F5N2O4S/c1-36(34,35)15-5-2-4-14(10-15)23(33)31-9-3-6-20(31)22(32)30-21(13-7-8-13)16-11-19(26)17(12-18(16)25)24(27,28)29/h2,4-5,10-13,20-21H,3,6-9H2,1H3,(H,30,32)/t20-,21-/m1/s1. The molecule has 0 spiro atoms. The second-order valence-corrected chi connectivity index (χ2v) is 11.1. The van der Waals surface area contributed by atoms with E-state index in [-0.39, 0.29) is 41.0 Å². The molecule has 2 amide bonds. The van der Waals surface area contributed by atoms with E-state index in [0.29, 0.717) is 25.3 Å². The Kier molecular flexibility index (Phi) is 6.84. The number of halogens is 5. The molecule has 12 heteroatoms. The molecule has 4 rings (SSSR count). The minimum absolute atomic E-state index is 0.0536. The number of hydrogen-bond acceptors (Lipinski definition) is 4. The molecule has 2 aromatic carbocycles. The Morgan fingerprint density at radius 2 is 1.75 bits per heavy atom. The lowest BCUT2D eigenvalue weighted by molar-refractivity contribution is -0.140. The Hall–Kier alpha value is -3.02. The molecule has 0 unspecified atom stereocenters. The predicted octanol–water partition coefficient (Wildman–Crippen LogP) is 4.26. The minimum atomic E-state index is -5.07. The number of carbonyl (C=O) groups is 2. The van der Waals surface area contributed by atoms with E-state index >= 15 is 0 Å². The van der Waals surface area contributed by atoms with Gasteiger partial charge in [0.05, 0.1) is 16.5 Å². The maximum absolute atomic E-state index is 14.7. The molecule has 2 aliphatic rings. The molecule has 0 aromatic heterocycles. The summed E-state index contributed by atoms with van der Waals surface area (Å²) in [6.07, 6.45) is -2.17. The van der Waals surface area contributed by atoms with Crippen LogP contribution in [0.3, 0.4) is 0 Å². The van der Waals surface area contributed by atoms with Crippen LogP contribution >= 0.6 is 0 Å². The maximum atomic E-state index is 14.7. The van der Waals surface area contributed by atoms with Gasteiger partial charge < -0.3 is 10.2 Å². The van der Waals surface area contributed by atoms with E-state index < -0.39 is 57.1 Å². The van der Waals surface area contributed by atoms with Gasteiger partial charge in [-0.25, -0.2) is 17.2 Å². The van der Waals surface area contributed by atoms with Crippen molar-refractivity contribution in [2.45, 2.75) is 48.8 Å². The van der Waals surface area contributed by atoms with Crippen molar-refractivity contribution in [3.63, 3.8) is 0 Å². The summed E-state index contributed by atoms with van der Waals surface area (Å²) in [6.45, 7) is 0.220. The molecule has 194 valence electrons. The predicted molar refractivity (Wildman–Crippen MR) is 119 cm³/mol. The molecule has 1 heterocycles. The highest BCUT2D eigenvalue weighted by molar-refractivity contribution is 7.90. The number of nitrogens with zero attached hydrogens (tertiary/aromatic N) is 1. The van der Waals surface area contributed by atoms with Crippen LogP contribution in [0.1, 0.15) is 53.2 Å². The molecule has 1 saturated carbocycles. The van der Waals surface area contributed by atoms with E-state index in [4.69, 9.17) is 0 Å². The Bertz CT molecular complexity index is 1310. The lowest BCUT2D eigenvalue weighted by Gasteiger charge is -2.27. The zero-order valence-corrected chi connectivity index (χ0v) is 19.9. The van der Waals surface area contributed by atoms with Crippen LogP contribution in [0.4, 0.5) is 22.0 Å². The normalized spacial score (nSPS) is 19.3. The van der Waals surface area contributed by atoms with E-state index in [1.807, 2.05) is 0 Å². The first-order chi connectivity index (χ1) is 16.8. The van der Waals surface area contributed by atoms with Crippen molar-refractivity contribution in [3.8, 4) is 0 Å². The second-order valence-electron chi connectivity index (χ2n) is 9.13. The first-order valence-electron chi connectivity index (χ1n) is 11.2. The summed E-state index contributed by atoms with van der Waals surface area (Å²) < 4.78 is 91.4. The Morgan fingerprint density at radius 1 is 1.06 bits per heavy atom. The van der Waals surface area contributed by atoms with Gasteiger partial charge in [-0.05, 0) is 61.9 Å². The highest BCUT2D eigenvalue weighted by Crippen LogP contribution is 2.43. The third-order valence-corrected chi connectivity index (χ3v) is 7.55. The molecule has 0 radical (unpaired) electrons. The largest absolute Gasteiger partial charge is 0.419 e. The van der Waals surface area contributed by atoms with Crippen molar-refractivity contribution in [1.29, 1.82) is 0 Å². The number of hydrogen-bond donors (Lipinski definition) is 1. The van der Waals surface area contributed by atoms with E-state index in [1.165, 1.54) is 29.2 Å². The monoisotopic (exact) mass is 530 g/mol. The number of carbonyl (C=O) groups excluding carboxylic acids is 2. The fourth-order valence-electron chi connectivity index (χ4n) is 4.45. The van der Waals surface area contributed by atoms with Gasteiger partial charge >= 0.3 is 6.18 Å². The van der Waals surface area contributed by atoms with Crippen molar-refractivity contribution in [2.75, 3.05) is 12.8 Å². The zero-order valence-electron chi connectivity index (χ0n) is 19.1. The average Bonchev–Trinajstić information content (AvgIpc) is 3.52. The van der Waals surface area contributed by atoms with Crippen LogP contribution in [0.15, 0.2) is 41.3 Å². The maximum Gasteiger partial charge on any atom is 0.419 e. The van der Waals surface area contributed by atoms with Gasteiger partial charge in [-0.15, -0.1) is 0 Å². The van der Waals surface area contributed by atoms with Crippen LogP contribution in [-0.4, -0.2) is 44.0 Å². The zero-order chi connectivity index (χ0) is 26.4. The summed E-state index contributed by atoms with van der Waals surface area (Å²) in [5.74, 6) is -4.40. The van der Waals surface area contributed by atoms with E-state index in [1.54, 1.807) is 0 Å². The van der Waals surface area contributed by atoms with Gasteiger partial charge in [0.15, 0.2) is 9.84 Å². The van der Waals surface area contributed by atoms with Crippen molar-refractivity contribution in [2.24, 2.45) is 5.92 Å². The molecule has 0 bridgehead atoms. The molecule has 2 fully saturated rings. The Morgan fingerprint density at radius 3 is 2.36 bits per heavy atom. The molecule has 2 aromatic rings. The van der Waals surface area contributed by atoms with Crippen molar-refractivity contribution in [1.82, 2.24) is 10.2 Å². The molecule has 2 atom stereocenters. The fraction of sp³-hybridized carbons (Fsp3) is 0.417. The number of benzene rings is 2. The van der Waals surface area contributed by atoms with E-state index in [9.17, 15) is 40.0 Å². The van der Waals surface area contributed by atoms with Crippen LogP contribution < -0.4 is 5.32 Å². The van der Waals surface area contributed by atoms with Crippen molar-refractivity contribution in [3.05, 3.63) is 64.7 Å². The molecule has 1 aliphatic carbocycles. The second kappa shape index (κ2) is 9.45. The van der Waals surface area contributed by atoms with Gasteiger partial charge in [0.2, 0.25) is 5.91 Å². The van der Waals surface area contributed by atoms with Gasteiger partial charge in [0, 0.05) is 23.9 Å². The van der Waals surface area contributed by atoms with Crippen molar-refractivity contribution >= 4 is 21.7 Å². The summed E-state index contributed by atoms with van der Waals surface area (Å²) in [7, 11) is -3.57. The summed E-state index contributed by atoms with van der Waals surface area (Å²) in [6, 6.07) is 3.96. The molecular formula is C24H23F5N2O4S. The first-order valence-corrected chi connectivity index (χ1v) is 13.1. The van der Waals surface area contributed by atoms with Crippen molar-refractivity contribution < 1.29 is 40.0 Å².